The molecule has 3 N–H and O–H groups in total. The molecule has 1 amide bonds. The van der Waals surface area contributed by atoms with Gasteiger partial charge in [0.25, 0.3) is 5.91 Å². The predicted molar refractivity (Wildman–Crippen MR) is 66.7 cm³/mol. The number of nitriles is 1. The molecule has 0 spiro atoms. The van der Waals surface area contributed by atoms with E-state index in [1.54, 1.807) is 24.3 Å². The van der Waals surface area contributed by atoms with Crippen LogP contribution in [0.3, 0.4) is 0 Å². The fourth-order valence-corrected chi connectivity index (χ4v) is 1.96. The molecule has 1 heterocycles. The summed E-state index contributed by atoms with van der Waals surface area (Å²) in [5, 5.41) is 11.5. The third-order valence-electron chi connectivity index (χ3n) is 2.92. The number of nitrogens with zero attached hydrogens (tertiary/aromatic N) is 1. The zero-order chi connectivity index (χ0) is 13.0. The lowest BCUT2D eigenvalue weighted by atomic mass is 10.1. The number of hydrogen-bond donors (Lipinski definition) is 2. The van der Waals surface area contributed by atoms with Crippen LogP contribution in [-0.4, -0.2) is 24.7 Å². The lowest BCUT2D eigenvalue weighted by Crippen LogP contribution is -2.29. The summed E-state index contributed by atoms with van der Waals surface area (Å²) in [7, 11) is 0. The lowest BCUT2D eigenvalue weighted by Gasteiger charge is -2.12. The molecule has 18 heavy (non-hydrogen) atoms. The summed E-state index contributed by atoms with van der Waals surface area (Å²) in [4.78, 5) is 11.9. The molecule has 1 aliphatic heterocycles. The Hall–Kier alpha value is -1.90. The number of carbonyl (C=O) groups excluding carboxylic acids is 1. The molecule has 0 radical (unpaired) electrons. The Morgan fingerprint density at radius 1 is 1.56 bits per heavy atom. The molecular formula is C13H15N3O2. The second-order valence-electron chi connectivity index (χ2n) is 4.24. The first-order valence-electron chi connectivity index (χ1n) is 5.89. The van der Waals surface area contributed by atoms with Crippen LogP contribution in [0, 0.1) is 11.3 Å². The SMILES string of the molecule is N#Cc1cccc(NC(=O)C2CCC(CN)O2)c1. The predicted octanol–water partition coefficient (Wildman–Crippen LogP) is 1.00. The van der Waals surface area contributed by atoms with E-state index in [1.807, 2.05) is 6.07 Å². The number of amides is 1. The Labute approximate surface area is 106 Å². The van der Waals surface area contributed by atoms with Gasteiger partial charge in [0.05, 0.1) is 17.7 Å². The Bertz CT molecular complexity index is 481. The van der Waals surface area contributed by atoms with Crippen molar-refractivity contribution >= 4 is 11.6 Å². The molecule has 1 aromatic rings. The summed E-state index contributed by atoms with van der Waals surface area (Å²) in [5.41, 5.74) is 6.62. The van der Waals surface area contributed by atoms with E-state index < -0.39 is 6.10 Å². The Morgan fingerprint density at radius 3 is 3.06 bits per heavy atom. The maximum Gasteiger partial charge on any atom is 0.253 e. The topological polar surface area (TPSA) is 88.1 Å². The molecule has 94 valence electrons. The molecule has 1 aliphatic rings. The van der Waals surface area contributed by atoms with E-state index in [0.29, 0.717) is 24.2 Å². The second kappa shape index (κ2) is 5.63. The van der Waals surface area contributed by atoms with Gasteiger partial charge in [-0.15, -0.1) is 0 Å². The Balaban J connectivity index is 1.97. The highest BCUT2D eigenvalue weighted by Gasteiger charge is 2.29. The van der Waals surface area contributed by atoms with Crippen molar-refractivity contribution in [3.05, 3.63) is 29.8 Å². The van der Waals surface area contributed by atoms with E-state index in [0.717, 1.165) is 6.42 Å². The van der Waals surface area contributed by atoms with Gasteiger partial charge in [-0.1, -0.05) is 6.07 Å². The Kier molecular flexibility index (Phi) is 3.92. The molecule has 2 unspecified atom stereocenters. The van der Waals surface area contributed by atoms with Gasteiger partial charge in [0, 0.05) is 12.2 Å². The molecule has 5 heteroatoms. The van der Waals surface area contributed by atoms with Gasteiger partial charge in [0.1, 0.15) is 6.10 Å². The molecule has 1 aromatic carbocycles. The van der Waals surface area contributed by atoms with Crippen molar-refractivity contribution < 1.29 is 9.53 Å². The summed E-state index contributed by atoms with van der Waals surface area (Å²) in [6.07, 6.45) is 1.04. The smallest absolute Gasteiger partial charge is 0.253 e. The van der Waals surface area contributed by atoms with Crippen LogP contribution in [0.5, 0.6) is 0 Å². The maximum atomic E-state index is 11.9. The monoisotopic (exact) mass is 245 g/mol. The third kappa shape index (κ3) is 2.86. The minimum Gasteiger partial charge on any atom is -0.364 e. The van der Waals surface area contributed by atoms with Crippen LogP contribution in [0.1, 0.15) is 18.4 Å². The molecule has 0 aromatic heterocycles. The van der Waals surface area contributed by atoms with Crippen LogP contribution in [0.2, 0.25) is 0 Å². The minimum absolute atomic E-state index is 0.0220. The van der Waals surface area contributed by atoms with E-state index in [-0.39, 0.29) is 12.0 Å². The van der Waals surface area contributed by atoms with Crippen molar-refractivity contribution in [2.45, 2.75) is 25.0 Å². The van der Waals surface area contributed by atoms with Gasteiger partial charge in [-0.05, 0) is 31.0 Å². The molecule has 1 saturated heterocycles. The van der Waals surface area contributed by atoms with Gasteiger partial charge in [0.15, 0.2) is 0 Å². The number of carbonyl (C=O) groups is 1. The normalized spacial score (nSPS) is 22.4. The average molecular weight is 245 g/mol. The number of anilines is 1. The zero-order valence-corrected chi connectivity index (χ0v) is 9.93. The Morgan fingerprint density at radius 2 is 2.39 bits per heavy atom. The van der Waals surface area contributed by atoms with Gasteiger partial charge < -0.3 is 15.8 Å². The molecular weight excluding hydrogens is 230 g/mol. The third-order valence-corrected chi connectivity index (χ3v) is 2.92. The van der Waals surface area contributed by atoms with Crippen molar-refractivity contribution in [2.75, 3.05) is 11.9 Å². The molecule has 2 atom stereocenters. The number of hydrogen-bond acceptors (Lipinski definition) is 4. The highest BCUT2D eigenvalue weighted by molar-refractivity contribution is 5.94. The van der Waals surface area contributed by atoms with E-state index in [9.17, 15) is 4.79 Å². The number of ether oxygens (including phenoxy) is 1. The van der Waals surface area contributed by atoms with Crippen LogP contribution in [0.25, 0.3) is 0 Å². The fourth-order valence-electron chi connectivity index (χ4n) is 1.96. The van der Waals surface area contributed by atoms with E-state index in [2.05, 4.69) is 5.32 Å². The standard InChI is InChI=1S/C13H15N3O2/c14-7-9-2-1-3-10(6-9)16-13(17)12-5-4-11(8-15)18-12/h1-3,6,11-12H,4-5,8,15H2,(H,16,17). The molecule has 2 rings (SSSR count). The average Bonchev–Trinajstić information content (AvgIpc) is 2.88. The van der Waals surface area contributed by atoms with E-state index in [1.165, 1.54) is 0 Å². The summed E-state index contributed by atoms with van der Waals surface area (Å²) in [6, 6.07) is 8.82. The largest absolute Gasteiger partial charge is 0.364 e. The van der Waals surface area contributed by atoms with Crippen LogP contribution < -0.4 is 11.1 Å². The van der Waals surface area contributed by atoms with Crippen LogP contribution in [-0.2, 0) is 9.53 Å². The molecule has 0 bridgehead atoms. The first kappa shape index (κ1) is 12.6. The number of nitrogens with one attached hydrogen (secondary N) is 1. The second-order valence-corrected chi connectivity index (χ2v) is 4.24. The van der Waals surface area contributed by atoms with Gasteiger partial charge in [-0.25, -0.2) is 0 Å². The highest BCUT2D eigenvalue weighted by atomic mass is 16.5. The van der Waals surface area contributed by atoms with Crippen LogP contribution >= 0.6 is 0 Å². The minimum atomic E-state index is -0.440. The van der Waals surface area contributed by atoms with Gasteiger partial charge in [-0.2, -0.15) is 5.26 Å². The van der Waals surface area contributed by atoms with Crippen molar-refractivity contribution in [3.63, 3.8) is 0 Å². The summed E-state index contributed by atoms with van der Waals surface area (Å²) in [6.45, 7) is 0.438. The number of benzene rings is 1. The van der Waals surface area contributed by atoms with Crippen molar-refractivity contribution in [1.29, 1.82) is 5.26 Å². The van der Waals surface area contributed by atoms with E-state index >= 15 is 0 Å². The molecule has 1 fully saturated rings. The van der Waals surface area contributed by atoms with Crippen molar-refractivity contribution in [3.8, 4) is 6.07 Å². The van der Waals surface area contributed by atoms with Gasteiger partial charge in [0.2, 0.25) is 0 Å². The fraction of sp³-hybridized carbons (Fsp3) is 0.385. The quantitative estimate of drug-likeness (QED) is 0.831. The van der Waals surface area contributed by atoms with Crippen molar-refractivity contribution in [1.82, 2.24) is 0 Å². The number of nitrogens with two attached hydrogens (primary N) is 1. The van der Waals surface area contributed by atoms with E-state index in [4.69, 9.17) is 15.7 Å². The molecule has 0 aliphatic carbocycles. The summed E-state index contributed by atoms with van der Waals surface area (Å²) < 4.78 is 5.50. The van der Waals surface area contributed by atoms with Crippen LogP contribution in [0.4, 0.5) is 5.69 Å². The lowest BCUT2D eigenvalue weighted by molar-refractivity contribution is -0.126. The number of rotatable bonds is 3. The first-order chi connectivity index (χ1) is 8.72. The van der Waals surface area contributed by atoms with Gasteiger partial charge in [-0.3, -0.25) is 4.79 Å². The maximum absolute atomic E-state index is 11.9. The van der Waals surface area contributed by atoms with Crippen molar-refractivity contribution in [2.24, 2.45) is 5.73 Å². The molecule has 0 saturated carbocycles. The zero-order valence-electron chi connectivity index (χ0n) is 9.93. The molecule has 5 nitrogen and oxygen atoms in total. The summed E-state index contributed by atoms with van der Waals surface area (Å²) in [5.74, 6) is -0.180. The van der Waals surface area contributed by atoms with Crippen LogP contribution in [0.15, 0.2) is 24.3 Å². The van der Waals surface area contributed by atoms with Gasteiger partial charge >= 0.3 is 0 Å². The summed E-state index contributed by atoms with van der Waals surface area (Å²) >= 11 is 0. The highest BCUT2D eigenvalue weighted by Crippen LogP contribution is 2.20. The first-order valence-corrected chi connectivity index (χ1v) is 5.89.